The van der Waals surface area contributed by atoms with Gasteiger partial charge in [-0.05, 0) is 30.7 Å². The molecule has 0 aliphatic rings. The summed E-state index contributed by atoms with van der Waals surface area (Å²) in [6, 6.07) is 5.42. The van der Waals surface area contributed by atoms with Crippen LogP contribution in [0.5, 0.6) is 0 Å². The number of hydrogen-bond donors (Lipinski definition) is 4. The minimum atomic E-state index is -1.19. The second-order valence-electron chi connectivity index (χ2n) is 3.43. The number of hydrogen-bond acceptors (Lipinski definition) is 4. The number of aryl methyl sites for hydroxylation is 1. The molecule has 0 radical (unpaired) electrons. The minimum absolute atomic E-state index is 0.0816. The number of aliphatic hydroxyl groups excluding tert-OH is 1. The van der Waals surface area contributed by atoms with Crippen LogP contribution in [0.4, 0.5) is 11.4 Å². The van der Waals surface area contributed by atoms with Crippen molar-refractivity contribution >= 4 is 17.3 Å². The van der Waals surface area contributed by atoms with Gasteiger partial charge in [-0.3, -0.25) is 4.79 Å². The van der Waals surface area contributed by atoms with Crippen LogP contribution < -0.4 is 16.8 Å². The van der Waals surface area contributed by atoms with Gasteiger partial charge < -0.3 is 21.9 Å². The van der Waals surface area contributed by atoms with Crippen molar-refractivity contribution in [3.8, 4) is 0 Å². The van der Waals surface area contributed by atoms with Crippen molar-refractivity contribution in [1.29, 1.82) is 0 Å². The molecule has 0 saturated carbocycles. The third-order valence-corrected chi connectivity index (χ3v) is 1.93. The first-order valence-electron chi connectivity index (χ1n) is 4.57. The van der Waals surface area contributed by atoms with Gasteiger partial charge in [-0.2, -0.15) is 0 Å². The van der Waals surface area contributed by atoms with Crippen LogP contribution >= 0.6 is 0 Å². The molecule has 15 heavy (non-hydrogen) atoms. The maximum atomic E-state index is 10.6. The summed E-state index contributed by atoms with van der Waals surface area (Å²) >= 11 is 0. The largest absolute Gasteiger partial charge is 0.399 e. The van der Waals surface area contributed by atoms with Crippen molar-refractivity contribution in [2.24, 2.45) is 5.73 Å². The lowest BCUT2D eigenvalue weighted by Crippen LogP contribution is -2.34. The van der Waals surface area contributed by atoms with Crippen LogP contribution in [0, 0.1) is 6.92 Å². The lowest BCUT2D eigenvalue weighted by Gasteiger charge is -2.10. The van der Waals surface area contributed by atoms with Crippen LogP contribution in [-0.4, -0.2) is 23.7 Å². The number of carbonyl (C=O) groups excluding carboxylic acids is 1. The molecule has 1 aromatic rings. The van der Waals surface area contributed by atoms with E-state index in [1.165, 1.54) is 0 Å². The zero-order valence-corrected chi connectivity index (χ0v) is 8.53. The fourth-order valence-corrected chi connectivity index (χ4v) is 1.23. The number of nitrogen functional groups attached to an aromatic ring is 1. The average Bonchev–Trinajstić information content (AvgIpc) is 2.12. The average molecular weight is 209 g/mol. The van der Waals surface area contributed by atoms with Crippen molar-refractivity contribution in [3.63, 3.8) is 0 Å². The fourth-order valence-electron chi connectivity index (χ4n) is 1.23. The summed E-state index contributed by atoms with van der Waals surface area (Å²) in [6.45, 7) is 1.99. The van der Waals surface area contributed by atoms with Gasteiger partial charge in [-0.1, -0.05) is 0 Å². The number of rotatable bonds is 4. The summed E-state index contributed by atoms with van der Waals surface area (Å²) in [5.41, 5.74) is 12.9. The maximum Gasteiger partial charge on any atom is 0.248 e. The van der Waals surface area contributed by atoms with Crippen LogP contribution in [0.25, 0.3) is 0 Å². The van der Waals surface area contributed by atoms with Gasteiger partial charge in [-0.25, -0.2) is 0 Å². The molecule has 0 spiro atoms. The Morgan fingerprint density at radius 2 is 2.20 bits per heavy atom. The Morgan fingerprint density at radius 3 is 2.73 bits per heavy atom. The Bertz CT molecular complexity index is 345. The van der Waals surface area contributed by atoms with E-state index in [1.807, 2.05) is 19.1 Å². The van der Waals surface area contributed by atoms with E-state index in [4.69, 9.17) is 16.6 Å². The van der Waals surface area contributed by atoms with E-state index in [0.29, 0.717) is 5.69 Å². The predicted octanol–water partition coefficient (Wildman–Crippen LogP) is -0.165. The van der Waals surface area contributed by atoms with E-state index in [-0.39, 0.29) is 6.54 Å². The number of amides is 1. The normalized spacial score (nSPS) is 12.1. The number of anilines is 2. The summed E-state index contributed by atoms with van der Waals surface area (Å²) < 4.78 is 0. The van der Waals surface area contributed by atoms with Crippen molar-refractivity contribution in [2.45, 2.75) is 13.0 Å². The minimum Gasteiger partial charge on any atom is -0.399 e. The van der Waals surface area contributed by atoms with Crippen LogP contribution in [0.1, 0.15) is 5.56 Å². The van der Waals surface area contributed by atoms with E-state index < -0.39 is 12.0 Å². The molecule has 1 unspecified atom stereocenters. The van der Waals surface area contributed by atoms with Crippen LogP contribution in [0.2, 0.25) is 0 Å². The molecule has 0 aliphatic carbocycles. The molecule has 1 rings (SSSR count). The topological polar surface area (TPSA) is 101 Å². The highest BCUT2D eigenvalue weighted by Crippen LogP contribution is 2.15. The monoisotopic (exact) mass is 209 g/mol. The Labute approximate surface area is 88.1 Å². The molecule has 0 fully saturated rings. The maximum absolute atomic E-state index is 10.6. The lowest BCUT2D eigenvalue weighted by atomic mass is 10.2. The lowest BCUT2D eigenvalue weighted by molar-refractivity contribution is -0.125. The number of benzene rings is 1. The molecular formula is C10H15N3O2. The van der Waals surface area contributed by atoms with E-state index in [9.17, 15) is 4.79 Å². The Hall–Kier alpha value is -1.75. The first-order valence-corrected chi connectivity index (χ1v) is 4.57. The van der Waals surface area contributed by atoms with Gasteiger partial charge in [-0.15, -0.1) is 0 Å². The van der Waals surface area contributed by atoms with Gasteiger partial charge >= 0.3 is 0 Å². The molecule has 1 aromatic carbocycles. The van der Waals surface area contributed by atoms with Gasteiger partial charge in [0, 0.05) is 17.9 Å². The number of nitrogens with one attached hydrogen (secondary N) is 1. The second kappa shape index (κ2) is 4.65. The smallest absolute Gasteiger partial charge is 0.248 e. The molecule has 0 heterocycles. The van der Waals surface area contributed by atoms with Crippen molar-refractivity contribution in [3.05, 3.63) is 23.8 Å². The molecule has 1 atom stereocenters. The van der Waals surface area contributed by atoms with Crippen LogP contribution in [-0.2, 0) is 4.79 Å². The Balaban J connectivity index is 2.61. The van der Waals surface area contributed by atoms with E-state index >= 15 is 0 Å². The van der Waals surface area contributed by atoms with Crippen molar-refractivity contribution in [1.82, 2.24) is 0 Å². The summed E-state index contributed by atoms with van der Waals surface area (Å²) in [5.74, 6) is -0.747. The van der Waals surface area contributed by atoms with Crippen LogP contribution in [0.3, 0.4) is 0 Å². The number of primary amides is 1. The summed E-state index contributed by atoms with van der Waals surface area (Å²) in [5, 5.41) is 12.0. The highest BCUT2D eigenvalue weighted by molar-refractivity contribution is 5.79. The molecule has 5 heteroatoms. The van der Waals surface area contributed by atoms with Gasteiger partial charge in [0.1, 0.15) is 6.10 Å². The third-order valence-electron chi connectivity index (χ3n) is 1.93. The quantitative estimate of drug-likeness (QED) is 0.517. The highest BCUT2D eigenvalue weighted by atomic mass is 16.3. The number of nitrogens with two attached hydrogens (primary N) is 2. The van der Waals surface area contributed by atoms with Crippen molar-refractivity contribution in [2.75, 3.05) is 17.6 Å². The first kappa shape index (κ1) is 11.3. The second-order valence-corrected chi connectivity index (χ2v) is 3.43. The van der Waals surface area contributed by atoms with E-state index in [0.717, 1.165) is 11.3 Å². The predicted molar refractivity (Wildman–Crippen MR) is 59.3 cm³/mol. The number of aliphatic hydroxyl groups is 1. The highest BCUT2D eigenvalue weighted by Gasteiger charge is 2.09. The zero-order chi connectivity index (χ0) is 11.4. The van der Waals surface area contributed by atoms with E-state index in [2.05, 4.69) is 5.32 Å². The Kier molecular flexibility index (Phi) is 3.51. The van der Waals surface area contributed by atoms with Gasteiger partial charge in [0.05, 0.1) is 0 Å². The number of carbonyl (C=O) groups is 1. The summed E-state index contributed by atoms with van der Waals surface area (Å²) in [6.07, 6.45) is -1.19. The summed E-state index contributed by atoms with van der Waals surface area (Å²) in [4.78, 5) is 10.6. The van der Waals surface area contributed by atoms with Gasteiger partial charge in [0.2, 0.25) is 5.91 Å². The molecule has 0 bridgehead atoms. The van der Waals surface area contributed by atoms with Gasteiger partial charge in [0.25, 0.3) is 0 Å². The van der Waals surface area contributed by atoms with Crippen molar-refractivity contribution < 1.29 is 9.90 Å². The molecule has 82 valence electrons. The summed E-state index contributed by atoms with van der Waals surface area (Å²) in [7, 11) is 0. The molecule has 0 aromatic heterocycles. The zero-order valence-electron chi connectivity index (χ0n) is 8.53. The molecule has 0 aliphatic heterocycles. The molecule has 6 N–H and O–H groups in total. The molecule has 5 nitrogen and oxygen atoms in total. The van der Waals surface area contributed by atoms with E-state index in [1.54, 1.807) is 6.07 Å². The molecular weight excluding hydrogens is 194 g/mol. The third kappa shape index (κ3) is 3.47. The first-order chi connectivity index (χ1) is 6.99. The molecule has 1 amide bonds. The SMILES string of the molecule is Cc1cc(N)cc(NCC(O)C(N)=O)c1. The fraction of sp³-hybridized carbons (Fsp3) is 0.300. The van der Waals surface area contributed by atoms with Gasteiger partial charge in [0.15, 0.2) is 0 Å². The standard InChI is InChI=1S/C10H15N3O2/c1-6-2-7(11)4-8(3-6)13-5-9(14)10(12)15/h2-4,9,13-14H,5,11H2,1H3,(H2,12,15). The Morgan fingerprint density at radius 1 is 1.53 bits per heavy atom. The molecule has 0 saturated heterocycles. The van der Waals surface area contributed by atoms with Crippen LogP contribution in [0.15, 0.2) is 18.2 Å².